The Balaban J connectivity index is 2.60. The first kappa shape index (κ1) is 8.49. The Morgan fingerprint density at radius 3 is 3.07 bits per heavy atom. The van der Waals surface area contributed by atoms with E-state index in [1.807, 2.05) is 0 Å². The molecule has 0 atom stereocenters. The van der Waals surface area contributed by atoms with E-state index in [0.29, 0.717) is 15.9 Å². The minimum absolute atomic E-state index is 0.408. The molecule has 3 rings (SSSR count). The molecule has 0 fully saturated rings. The number of H-pyrrole nitrogens is 1. The molecule has 0 spiro atoms. The van der Waals surface area contributed by atoms with Crippen LogP contribution in [0.2, 0.25) is 5.02 Å². The summed E-state index contributed by atoms with van der Waals surface area (Å²) in [5, 5.41) is 4.46. The summed E-state index contributed by atoms with van der Waals surface area (Å²) in [6, 6.07) is 5.29. The van der Waals surface area contributed by atoms with Crippen LogP contribution in [0.25, 0.3) is 21.8 Å². The van der Waals surface area contributed by atoms with Gasteiger partial charge in [0.2, 0.25) is 0 Å². The summed E-state index contributed by atoms with van der Waals surface area (Å²) >= 11 is 5.84. The number of nitrogens with zero attached hydrogens (tertiary/aromatic N) is 1. The lowest BCUT2D eigenvalue weighted by molar-refractivity contribution is 0.400. The number of fused-ring (bicyclic) bond motifs is 3. The van der Waals surface area contributed by atoms with Gasteiger partial charge in [-0.15, -0.1) is 0 Å². The molecule has 0 aliphatic rings. The average molecular weight is 221 g/mol. The molecule has 0 saturated heterocycles. The number of aromatic amines is 1. The molecule has 0 amide bonds. The van der Waals surface area contributed by atoms with Crippen molar-refractivity contribution in [2.24, 2.45) is 0 Å². The number of rotatable bonds is 0. The minimum Gasteiger partial charge on any atom is -0.338 e. The summed E-state index contributed by atoms with van der Waals surface area (Å²) in [6.45, 7) is 0. The molecule has 15 heavy (non-hydrogen) atoms. The van der Waals surface area contributed by atoms with Crippen molar-refractivity contribution in [1.82, 2.24) is 10.1 Å². The van der Waals surface area contributed by atoms with Gasteiger partial charge in [0.05, 0.1) is 11.0 Å². The van der Waals surface area contributed by atoms with E-state index in [2.05, 4.69) is 10.1 Å². The molecule has 5 heteroatoms. The fourth-order valence-electron chi connectivity index (χ4n) is 1.58. The van der Waals surface area contributed by atoms with Gasteiger partial charge in [-0.25, -0.2) is 9.95 Å². The van der Waals surface area contributed by atoms with Gasteiger partial charge < -0.3 is 4.52 Å². The molecular formula is C10H5ClN2O2. The van der Waals surface area contributed by atoms with E-state index in [0.717, 1.165) is 10.9 Å². The van der Waals surface area contributed by atoms with Crippen LogP contribution in [0.1, 0.15) is 0 Å². The van der Waals surface area contributed by atoms with Crippen LogP contribution in [-0.4, -0.2) is 10.1 Å². The van der Waals surface area contributed by atoms with Gasteiger partial charge >= 0.3 is 5.63 Å². The maximum absolute atomic E-state index is 11.2. The van der Waals surface area contributed by atoms with Crippen LogP contribution in [0, 0.1) is 0 Å². The van der Waals surface area contributed by atoms with E-state index >= 15 is 0 Å². The van der Waals surface area contributed by atoms with Gasteiger partial charge in [-0.2, -0.15) is 0 Å². The average Bonchev–Trinajstić information content (AvgIpc) is 2.60. The zero-order valence-electron chi connectivity index (χ0n) is 7.45. The highest BCUT2D eigenvalue weighted by atomic mass is 35.5. The van der Waals surface area contributed by atoms with Crippen molar-refractivity contribution in [1.29, 1.82) is 0 Å². The second-order valence-corrected chi connectivity index (χ2v) is 3.64. The van der Waals surface area contributed by atoms with Crippen LogP contribution in [0.15, 0.2) is 33.7 Å². The molecule has 0 bridgehead atoms. The number of benzene rings is 1. The quantitative estimate of drug-likeness (QED) is 0.633. The lowest BCUT2D eigenvalue weighted by Gasteiger charge is -1.97. The molecule has 0 saturated carbocycles. The third-order valence-electron chi connectivity index (χ3n) is 2.30. The smallest absolute Gasteiger partial charge is 0.338 e. The summed E-state index contributed by atoms with van der Waals surface area (Å²) in [6.07, 6.45) is 1.48. The van der Waals surface area contributed by atoms with E-state index in [9.17, 15) is 4.79 Å². The van der Waals surface area contributed by atoms with Crippen LogP contribution < -0.4 is 5.63 Å². The standard InChI is InChI=1S/C10H5ClN2O2/c11-5-1-2-6-8(3-5)12-4-7-9(6)13-15-10(7)14/h1-4,13H. The third-order valence-corrected chi connectivity index (χ3v) is 2.53. The number of aromatic nitrogens is 2. The molecule has 1 aromatic carbocycles. The fraction of sp³-hybridized carbons (Fsp3) is 0. The zero-order chi connectivity index (χ0) is 10.4. The monoisotopic (exact) mass is 220 g/mol. The van der Waals surface area contributed by atoms with Crippen LogP contribution in [-0.2, 0) is 0 Å². The first-order valence-corrected chi connectivity index (χ1v) is 4.69. The molecule has 4 nitrogen and oxygen atoms in total. The fourth-order valence-corrected chi connectivity index (χ4v) is 1.75. The third kappa shape index (κ3) is 1.15. The van der Waals surface area contributed by atoms with Crippen LogP contribution >= 0.6 is 11.6 Å². The summed E-state index contributed by atoms with van der Waals surface area (Å²) < 4.78 is 4.70. The van der Waals surface area contributed by atoms with E-state index in [1.54, 1.807) is 18.2 Å². The molecule has 74 valence electrons. The molecule has 1 N–H and O–H groups in total. The molecule has 0 aliphatic carbocycles. The lowest BCUT2D eigenvalue weighted by atomic mass is 10.2. The Morgan fingerprint density at radius 1 is 1.33 bits per heavy atom. The van der Waals surface area contributed by atoms with Gasteiger partial charge in [0.1, 0.15) is 5.39 Å². The first-order valence-electron chi connectivity index (χ1n) is 4.31. The normalized spacial score (nSPS) is 11.3. The van der Waals surface area contributed by atoms with Crippen molar-refractivity contribution in [3.05, 3.63) is 39.8 Å². The minimum atomic E-state index is -0.408. The second-order valence-electron chi connectivity index (χ2n) is 3.20. The van der Waals surface area contributed by atoms with Gasteiger partial charge in [-0.3, -0.25) is 4.98 Å². The van der Waals surface area contributed by atoms with Gasteiger partial charge in [0.15, 0.2) is 0 Å². The maximum atomic E-state index is 11.2. The van der Waals surface area contributed by atoms with E-state index < -0.39 is 5.63 Å². The summed E-state index contributed by atoms with van der Waals surface area (Å²) in [5.74, 6) is 0. The number of hydrogen-bond donors (Lipinski definition) is 1. The lowest BCUT2D eigenvalue weighted by Crippen LogP contribution is -1.91. The Morgan fingerprint density at radius 2 is 2.20 bits per heavy atom. The molecule has 0 unspecified atom stereocenters. The Bertz CT molecular complexity index is 714. The second kappa shape index (κ2) is 2.84. The van der Waals surface area contributed by atoms with E-state index in [4.69, 9.17) is 16.1 Å². The summed E-state index contributed by atoms with van der Waals surface area (Å²) in [5.41, 5.74) is 0.975. The Hall–Kier alpha value is -1.81. The van der Waals surface area contributed by atoms with Crippen LogP contribution in [0.5, 0.6) is 0 Å². The van der Waals surface area contributed by atoms with Crippen molar-refractivity contribution in [3.63, 3.8) is 0 Å². The van der Waals surface area contributed by atoms with Crippen molar-refractivity contribution in [2.75, 3.05) is 0 Å². The molecule has 2 heterocycles. The van der Waals surface area contributed by atoms with Gasteiger partial charge in [0, 0.05) is 16.6 Å². The maximum Gasteiger partial charge on any atom is 0.366 e. The predicted octanol–water partition coefficient (Wildman–Crippen LogP) is 2.32. The highest BCUT2D eigenvalue weighted by Gasteiger charge is 2.07. The topological polar surface area (TPSA) is 58.9 Å². The van der Waals surface area contributed by atoms with E-state index in [1.165, 1.54) is 6.20 Å². The molecule has 0 radical (unpaired) electrons. The molecule has 0 aliphatic heterocycles. The molecule has 2 aromatic heterocycles. The number of halogens is 1. The predicted molar refractivity (Wildman–Crippen MR) is 57.1 cm³/mol. The Kier molecular flexibility index (Phi) is 1.61. The summed E-state index contributed by atoms with van der Waals surface area (Å²) in [4.78, 5) is 15.4. The van der Waals surface area contributed by atoms with Crippen molar-refractivity contribution in [2.45, 2.75) is 0 Å². The number of hydrogen-bond acceptors (Lipinski definition) is 3. The van der Waals surface area contributed by atoms with Crippen LogP contribution in [0.3, 0.4) is 0 Å². The van der Waals surface area contributed by atoms with E-state index in [-0.39, 0.29) is 0 Å². The zero-order valence-corrected chi connectivity index (χ0v) is 8.21. The number of nitrogens with one attached hydrogen (secondary N) is 1. The highest BCUT2D eigenvalue weighted by molar-refractivity contribution is 6.31. The molecule has 3 aromatic rings. The van der Waals surface area contributed by atoms with Gasteiger partial charge in [-0.1, -0.05) is 11.6 Å². The SMILES string of the molecule is O=c1o[nH]c2c1cnc1cc(Cl)ccc12. The first-order chi connectivity index (χ1) is 7.25. The van der Waals surface area contributed by atoms with Crippen molar-refractivity contribution in [3.8, 4) is 0 Å². The largest absolute Gasteiger partial charge is 0.366 e. The van der Waals surface area contributed by atoms with Gasteiger partial charge in [-0.05, 0) is 18.2 Å². The molecular weight excluding hydrogens is 216 g/mol. The summed E-state index contributed by atoms with van der Waals surface area (Å²) in [7, 11) is 0. The van der Waals surface area contributed by atoms with Crippen LogP contribution in [0.4, 0.5) is 0 Å². The number of pyridine rings is 1. The Labute approximate surface area is 88.4 Å². The van der Waals surface area contributed by atoms with Crippen molar-refractivity contribution < 1.29 is 4.52 Å². The van der Waals surface area contributed by atoms with Gasteiger partial charge in [0.25, 0.3) is 0 Å². The van der Waals surface area contributed by atoms with Crippen molar-refractivity contribution >= 4 is 33.4 Å². The highest BCUT2D eigenvalue weighted by Crippen LogP contribution is 2.22.